The first-order valence-electron chi connectivity index (χ1n) is 9.04. The van der Waals surface area contributed by atoms with Crippen molar-refractivity contribution in [2.24, 2.45) is 21.5 Å². The number of aryl methyl sites for hydroxylation is 1. The highest BCUT2D eigenvalue weighted by Crippen LogP contribution is 2.41. The number of aliphatic imine (C=N–C) groups is 2. The van der Waals surface area contributed by atoms with Crippen LogP contribution in [0.5, 0.6) is 5.75 Å². The minimum absolute atomic E-state index is 0.0646. The Balaban J connectivity index is 1.87. The van der Waals surface area contributed by atoms with Crippen LogP contribution in [0, 0.1) is 6.92 Å². The van der Waals surface area contributed by atoms with Gasteiger partial charge in [-0.15, -0.1) is 0 Å². The lowest BCUT2D eigenvalue weighted by Crippen LogP contribution is -2.58. The molecule has 0 atom stereocenters. The van der Waals surface area contributed by atoms with Gasteiger partial charge in [-0.3, -0.25) is 4.90 Å². The van der Waals surface area contributed by atoms with Crippen LogP contribution in [-0.2, 0) is 0 Å². The standard InChI is InChI=1S/C18H23F4N5O/c1-11-9-12(28-10-18(21,22)14(19)20)5-6-13(11)27-16(24)25-15(23)26-17(27)7-3-2-4-8-17/h5-6,9,14H,2-4,7-8,10H2,1H3,(H4,23,24,25,26). The lowest BCUT2D eigenvalue weighted by Gasteiger charge is -2.46. The summed E-state index contributed by atoms with van der Waals surface area (Å²) in [7, 11) is 0. The van der Waals surface area contributed by atoms with Crippen molar-refractivity contribution < 1.29 is 22.3 Å². The van der Waals surface area contributed by atoms with Crippen LogP contribution in [0.3, 0.4) is 0 Å². The number of nitrogens with zero attached hydrogens (tertiary/aromatic N) is 3. The van der Waals surface area contributed by atoms with E-state index < -0.39 is 24.6 Å². The molecule has 0 unspecified atom stereocenters. The van der Waals surface area contributed by atoms with Gasteiger partial charge in [-0.2, -0.15) is 13.8 Å². The number of guanidine groups is 2. The SMILES string of the molecule is Cc1cc(OCC(F)(F)C(F)F)ccc1N1C(N)=NC(N)=NC12CCCCC2. The number of ether oxygens (including phenoxy) is 1. The molecule has 10 heteroatoms. The zero-order chi connectivity index (χ0) is 20.5. The van der Waals surface area contributed by atoms with Gasteiger partial charge in [0.1, 0.15) is 11.4 Å². The summed E-state index contributed by atoms with van der Waals surface area (Å²) in [6.07, 6.45) is 0.732. The van der Waals surface area contributed by atoms with Gasteiger partial charge in [-0.1, -0.05) is 6.42 Å². The average molecular weight is 401 g/mol. The molecular formula is C18H23F4N5O. The third kappa shape index (κ3) is 3.85. The van der Waals surface area contributed by atoms with E-state index in [1.807, 2.05) is 4.90 Å². The predicted molar refractivity (Wildman–Crippen MR) is 99.2 cm³/mol. The first kappa shape index (κ1) is 20.2. The number of halogens is 4. The number of hydrogen-bond donors (Lipinski definition) is 2. The monoisotopic (exact) mass is 401 g/mol. The van der Waals surface area contributed by atoms with E-state index in [1.165, 1.54) is 12.1 Å². The Kier molecular flexibility index (Phi) is 5.40. The second-order valence-corrected chi connectivity index (χ2v) is 7.12. The Labute approximate surface area is 160 Å². The first-order chi connectivity index (χ1) is 13.1. The minimum atomic E-state index is -4.21. The number of hydrogen-bond acceptors (Lipinski definition) is 6. The van der Waals surface area contributed by atoms with Crippen molar-refractivity contribution in [2.75, 3.05) is 11.5 Å². The van der Waals surface area contributed by atoms with Crippen LogP contribution < -0.4 is 21.1 Å². The van der Waals surface area contributed by atoms with Gasteiger partial charge in [0, 0.05) is 5.69 Å². The number of nitrogens with two attached hydrogens (primary N) is 2. The predicted octanol–water partition coefficient (Wildman–Crippen LogP) is 3.38. The quantitative estimate of drug-likeness (QED) is 0.741. The maximum Gasteiger partial charge on any atom is 0.340 e. The van der Waals surface area contributed by atoms with Crippen LogP contribution in [0.15, 0.2) is 28.2 Å². The summed E-state index contributed by atoms with van der Waals surface area (Å²) >= 11 is 0. The molecule has 0 bridgehead atoms. The van der Waals surface area contributed by atoms with E-state index in [0.717, 1.165) is 32.1 Å². The van der Waals surface area contributed by atoms with Gasteiger partial charge in [0.2, 0.25) is 11.9 Å². The fraction of sp³-hybridized carbons (Fsp3) is 0.556. The Hall–Kier alpha value is -2.52. The van der Waals surface area contributed by atoms with E-state index in [9.17, 15) is 17.6 Å². The van der Waals surface area contributed by atoms with Crippen LogP contribution in [0.1, 0.15) is 37.7 Å². The number of benzene rings is 1. The molecule has 1 spiro atoms. The van der Waals surface area contributed by atoms with Gasteiger partial charge in [0.15, 0.2) is 6.61 Å². The van der Waals surface area contributed by atoms with Gasteiger partial charge in [-0.25, -0.2) is 13.8 Å². The summed E-state index contributed by atoms with van der Waals surface area (Å²) in [6, 6.07) is 4.58. The smallest absolute Gasteiger partial charge is 0.340 e. The van der Waals surface area contributed by atoms with Crippen molar-refractivity contribution >= 4 is 17.6 Å². The number of rotatable bonds is 5. The van der Waals surface area contributed by atoms with Crippen LogP contribution in [0.4, 0.5) is 23.2 Å². The van der Waals surface area contributed by atoms with Crippen molar-refractivity contribution in [3.05, 3.63) is 23.8 Å². The van der Waals surface area contributed by atoms with E-state index in [1.54, 1.807) is 13.0 Å². The molecule has 0 amide bonds. The van der Waals surface area contributed by atoms with Gasteiger partial charge in [0.25, 0.3) is 0 Å². The van der Waals surface area contributed by atoms with Gasteiger partial charge in [0.05, 0.1) is 0 Å². The second kappa shape index (κ2) is 7.48. The molecule has 2 aliphatic rings. The van der Waals surface area contributed by atoms with E-state index in [0.29, 0.717) is 11.3 Å². The lowest BCUT2D eigenvalue weighted by molar-refractivity contribution is -0.148. The summed E-state index contributed by atoms with van der Waals surface area (Å²) in [5.41, 5.74) is 12.7. The van der Waals surface area contributed by atoms with Crippen LogP contribution in [-0.4, -0.2) is 36.5 Å². The third-order valence-corrected chi connectivity index (χ3v) is 5.01. The number of alkyl halides is 4. The summed E-state index contributed by atoms with van der Waals surface area (Å²) in [4.78, 5) is 10.5. The maximum atomic E-state index is 13.1. The average Bonchev–Trinajstić information content (AvgIpc) is 2.61. The van der Waals surface area contributed by atoms with Gasteiger partial charge in [-0.05, 0) is 56.4 Å². The van der Waals surface area contributed by atoms with Crippen LogP contribution in [0.25, 0.3) is 0 Å². The molecule has 1 fully saturated rings. The fourth-order valence-electron chi connectivity index (χ4n) is 3.68. The van der Waals surface area contributed by atoms with E-state index in [2.05, 4.69) is 9.98 Å². The van der Waals surface area contributed by atoms with Crippen molar-refractivity contribution in [3.8, 4) is 5.75 Å². The molecule has 3 rings (SSSR count). The molecule has 1 aromatic carbocycles. The highest BCUT2D eigenvalue weighted by molar-refractivity contribution is 6.06. The Morgan fingerprint density at radius 2 is 1.89 bits per heavy atom. The lowest BCUT2D eigenvalue weighted by atomic mass is 9.87. The summed E-state index contributed by atoms with van der Waals surface area (Å²) in [6.45, 7) is 0.348. The molecule has 1 saturated carbocycles. The minimum Gasteiger partial charge on any atom is -0.487 e. The maximum absolute atomic E-state index is 13.1. The highest BCUT2D eigenvalue weighted by Gasteiger charge is 2.43. The molecule has 0 radical (unpaired) electrons. The number of anilines is 1. The second-order valence-electron chi connectivity index (χ2n) is 7.12. The van der Waals surface area contributed by atoms with Crippen LogP contribution in [0.2, 0.25) is 0 Å². The summed E-state index contributed by atoms with van der Waals surface area (Å²) in [5.74, 6) is -3.82. The molecule has 154 valence electrons. The molecule has 0 aromatic heterocycles. The molecule has 4 N–H and O–H groups in total. The third-order valence-electron chi connectivity index (χ3n) is 5.01. The Bertz CT molecular complexity index is 790. The van der Waals surface area contributed by atoms with Crippen molar-refractivity contribution in [2.45, 2.75) is 57.0 Å². The van der Waals surface area contributed by atoms with E-state index in [-0.39, 0.29) is 17.7 Å². The fourth-order valence-corrected chi connectivity index (χ4v) is 3.68. The van der Waals surface area contributed by atoms with E-state index in [4.69, 9.17) is 16.2 Å². The topological polar surface area (TPSA) is 89.2 Å². The molecule has 1 aromatic rings. The van der Waals surface area contributed by atoms with Crippen LogP contribution >= 0.6 is 0 Å². The molecular weight excluding hydrogens is 378 g/mol. The summed E-state index contributed by atoms with van der Waals surface area (Å²) in [5, 5.41) is 0. The Morgan fingerprint density at radius 1 is 1.21 bits per heavy atom. The highest BCUT2D eigenvalue weighted by atomic mass is 19.3. The molecule has 1 aliphatic carbocycles. The first-order valence-corrected chi connectivity index (χ1v) is 9.04. The molecule has 6 nitrogen and oxygen atoms in total. The largest absolute Gasteiger partial charge is 0.487 e. The molecule has 0 saturated heterocycles. The van der Waals surface area contributed by atoms with Crippen molar-refractivity contribution in [1.82, 2.24) is 0 Å². The van der Waals surface area contributed by atoms with Gasteiger partial charge < -0.3 is 16.2 Å². The van der Waals surface area contributed by atoms with Crippen molar-refractivity contribution in [3.63, 3.8) is 0 Å². The molecule has 1 heterocycles. The summed E-state index contributed by atoms with van der Waals surface area (Å²) < 4.78 is 55.6. The molecule has 28 heavy (non-hydrogen) atoms. The molecule has 1 aliphatic heterocycles. The normalized spacial score (nSPS) is 19.6. The Morgan fingerprint density at radius 3 is 2.50 bits per heavy atom. The van der Waals surface area contributed by atoms with Gasteiger partial charge >= 0.3 is 12.3 Å². The zero-order valence-electron chi connectivity index (χ0n) is 15.5. The van der Waals surface area contributed by atoms with Crippen molar-refractivity contribution in [1.29, 1.82) is 0 Å². The zero-order valence-corrected chi connectivity index (χ0v) is 15.5. The van der Waals surface area contributed by atoms with E-state index >= 15 is 0 Å².